The first kappa shape index (κ1) is 15.7. The van der Waals surface area contributed by atoms with E-state index in [4.69, 9.17) is 0 Å². The summed E-state index contributed by atoms with van der Waals surface area (Å²) in [5, 5.41) is 13.1. The lowest BCUT2D eigenvalue weighted by molar-refractivity contribution is -0.115. The number of anilines is 1. The number of H-pyrrole nitrogens is 1. The summed E-state index contributed by atoms with van der Waals surface area (Å²) in [7, 11) is 0. The third-order valence-electron chi connectivity index (χ3n) is 3.86. The van der Waals surface area contributed by atoms with Gasteiger partial charge >= 0.3 is 0 Å². The van der Waals surface area contributed by atoms with Gasteiger partial charge in [0.15, 0.2) is 0 Å². The maximum atomic E-state index is 12.2. The second kappa shape index (κ2) is 6.54. The van der Waals surface area contributed by atoms with Crippen LogP contribution in [0, 0.1) is 13.8 Å². The van der Waals surface area contributed by atoms with Gasteiger partial charge in [-0.3, -0.25) is 14.7 Å². The van der Waals surface area contributed by atoms with Crippen LogP contribution in [-0.2, 0) is 4.79 Å². The maximum absolute atomic E-state index is 12.2. The fraction of sp³-hybridized carbons (Fsp3) is 0.167. The lowest BCUT2D eigenvalue weighted by Crippen LogP contribution is -2.33. The topological polar surface area (TPSA) is 86.9 Å². The Kier molecular flexibility index (Phi) is 4.29. The summed E-state index contributed by atoms with van der Waals surface area (Å²) in [5.74, 6) is -0.556. The van der Waals surface area contributed by atoms with Crippen molar-refractivity contribution >= 4 is 28.4 Å². The summed E-state index contributed by atoms with van der Waals surface area (Å²) >= 11 is 0. The van der Waals surface area contributed by atoms with Gasteiger partial charge in [-0.2, -0.15) is 5.10 Å². The molecule has 6 nitrogen and oxygen atoms in total. The Morgan fingerprint density at radius 1 is 1.12 bits per heavy atom. The van der Waals surface area contributed by atoms with Crippen molar-refractivity contribution in [1.82, 2.24) is 15.5 Å². The van der Waals surface area contributed by atoms with Crippen LogP contribution >= 0.6 is 0 Å². The second-order valence-corrected chi connectivity index (χ2v) is 5.67. The molecule has 3 rings (SSSR count). The van der Waals surface area contributed by atoms with Crippen LogP contribution in [0.15, 0.2) is 42.6 Å². The van der Waals surface area contributed by atoms with Crippen molar-refractivity contribution in [3.8, 4) is 0 Å². The SMILES string of the molecule is Cc1cccc(C)c1NC(=O)CNC(=O)c1ccc2[nH]ncc2c1. The lowest BCUT2D eigenvalue weighted by Gasteiger charge is -2.12. The lowest BCUT2D eigenvalue weighted by atomic mass is 10.1. The van der Waals surface area contributed by atoms with Crippen molar-refractivity contribution in [2.24, 2.45) is 0 Å². The van der Waals surface area contributed by atoms with E-state index in [0.29, 0.717) is 5.56 Å². The van der Waals surface area contributed by atoms with Crippen LogP contribution in [0.25, 0.3) is 10.9 Å². The zero-order valence-corrected chi connectivity index (χ0v) is 13.5. The minimum absolute atomic E-state index is 0.0873. The Hall–Kier alpha value is -3.15. The molecule has 2 amide bonds. The molecule has 0 atom stereocenters. The van der Waals surface area contributed by atoms with Gasteiger partial charge in [-0.25, -0.2) is 0 Å². The first-order chi connectivity index (χ1) is 11.5. The number of benzene rings is 2. The van der Waals surface area contributed by atoms with Crippen LogP contribution in [-0.4, -0.2) is 28.6 Å². The molecule has 0 unspecified atom stereocenters. The van der Waals surface area contributed by atoms with Gasteiger partial charge in [0.05, 0.1) is 18.3 Å². The maximum Gasteiger partial charge on any atom is 0.251 e. The predicted octanol–water partition coefficient (Wildman–Crippen LogP) is 2.55. The third-order valence-corrected chi connectivity index (χ3v) is 3.86. The van der Waals surface area contributed by atoms with Gasteiger partial charge in [0.2, 0.25) is 5.91 Å². The van der Waals surface area contributed by atoms with E-state index in [0.717, 1.165) is 27.7 Å². The zero-order chi connectivity index (χ0) is 17.1. The Bertz CT molecular complexity index is 894. The van der Waals surface area contributed by atoms with E-state index in [1.165, 1.54) is 0 Å². The Morgan fingerprint density at radius 3 is 2.62 bits per heavy atom. The zero-order valence-electron chi connectivity index (χ0n) is 13.5. The molecule has 0 spiro atoms. The largest absolute Gasteiger partial charge is 0.343 e. The molecular weight excluding hydrogens is 304 g/mol. The van der Waals surface area contributed by atoms with Crippen molar-refractivity contribution in [3.63, 3.8) is 0 Å². The number of aromatic nitrogens is 2. The number of hydrogen-bond donors (Lipinski definition) is 3. The summed E-state index contributed by atoms with van der Waals surface area (Å²) in [5.41, 5.74) is 4.11. The number of aromatic amines is 1. The first-order valence-electron chi connectivity index (χ1n) is 7.62. The highest BCUT2D eigenvalue weighted by atomic mass is 16.2. The highest BCUT2D eigenvalue weighted by molar-refractivity contribution is 6.01. The fourth-order valence-corrected chi connectivity index (χ4v) is 2.54. The molecule has 0 aliphatic rings. The van der Waals surface area contributed by atoms with E-state index < -0.39 is 0 Å². The number of nitrogens with zero attached hydrogens (tertiary/aromatic N) is 1. The number of para-hydroxylation sites is 1. The molecule has 1 aromatic heterocycles. The third kappa shape index (κ3) is 3.27. The molecule has 0 fully saturated rings. The normalized spacial score (nSPS) is 10.6. The van der Waals surface area contributed by atoms with Crippen molar-refractivity contribution in [2.45, 2.75) is 13.8 Å². The van der Waals surface area contributed by atoms with Crippen molar-refractivity contribution in [1.29, 1.82) is 0 Å². The van der Waals surface area contributed by atoms with Gasteiger partial charge in [0.1, 0.15) is 0 Å². The number of carbonyl (C=O) groups is 2. The molecule has 1 heterocycles. The Balaban J connectivity index is 1.62. The van der Waals surface area contributed by atoms with Gasteiger partial charge in [0.25, 0.3) is 5.91 Å². The highest BCUT2D eigenvalue weighted by Gasteiger charge is 2.11. The summed E-state index contributed by atoms with van der Waals surface area (Å²) in [6.07, 6.45) is 1.65. The molecule has 2 aromatic carbocycles. The number of aryl methyl sites for hydroxylation is 2. The minimum atomic E-state index is -0.297. The van der Waals surface area contributed by atoms with Gasteiger partial charge in [-0.05, 0) is 43.2 Å². The van der Waals surface area contributed by atoms with Crippen LogP contribution < -0.4 is 10.6 Å². The molecule has 0 saturated carbocycles. The standard InChI is InChI=1S/C18H18N4O2/c1-11-4-3-5-12(2)17(11)21-16(23)10-19-18(24)13-6-7-15-14(8-13)9-20-22-15/h3-9H,10H2,1-2H3,(H,19,24)(H,20,22)(H,21,23). The van der Waals surface area contributed by atoms with E-state index in [1.807, 2.05) is 32.0 Å². The van der Waals surface area contributed by atoms with Gasteiger partial charge in [0, 0.05) is 16.6 Å². The molecule has 0 radical (unpaired) electrons. The monoisotopic (exact) mass is 322 g/mol. The highest BCUT2D eigenvalue weighted by Crippen LogP contribution is 2.19. The van der Waals surface area contributed by atoms with Gasteiger partial charge in [-0.1, -0.05) is 18.2 Å². The summed E-state index contributed by atoms with van der Waals surface area (Å²) in [4.78, 5) is 24.3. The number of hydrogen-bond acceptors (Lipinski definition) is 3. The molecule has 24 heavy (non-hydrogen) atoms. The smallest absolute Gasteiger partial charge is 0.251 e. The molecule has 0 bridgehead atoms. The number of nitrogens with one attached hydrogen (secondary N) is 3. The summed E-state index contributed by atoms with van der Waals surface area (Å²) in [6.45, 7) is 3.78. The minimum Gasteiger partial charge on any atom is -0.343 e. The Morgan fingerprint density at radius 2 is 1.88 bits per heavy atom. The second-order valence-electron chi connectivity index (χ2n) is 5.67. The molecule has 0 aliphatic carbocycles. The number of carbonyl (C=O) groups excluding carboxylic acids is 2. The van der Waals surface area contributed by atoms with E-state index in [2.05, 4.69) is 20.8 Å². The van der Waals surface area contributed by atoms with Gasteiger partial charge in [-0.15, -0.1) is 0 Å². The van der Waals surface area contributed by atoms with E-state index in [1.54, 1.807) is 24.4 Å². The van der Waals surface area contributed by atoms with Crippen molar-refractivity contribution in [2.75, 3.05) is 11.9 Å². The van der Waals surface area contributed by atoms with Gasteiger partial charge < -0.3 is 10.6 Å². The van der Waals surface area contributed by atoms with Crippen LogP contribution in [0.4, 0.5) is 5.69 Å². The van der Waals surface area contributed by atoms with E-state index in [-0.39, 0.29) is 18.4 Å². The summed E-state index contributed by atoms with van der Waals surface area (Å²) in [6, 6.07) is 11.0. The van der Waals surface area contributed by atoms with Crippen LogP contribution in [0.5, 0.6) is 0 Å². The van der Waals surface area contributed by atoms with Crippen molar-refractivity contribution in [3.05, 3.63) is 59.3 Å². The molecule has 122 valence electrons. The summed E-state index contributed by atoms with van der Waals surface area (Å²) < 4.78 is 0. The van der Waals surface area contributed by atoms with Crippen LogP contribution in [0.3, 0.4) is 0 Å². The average Bonchev–Trinajstić information content (AvgIpc) is 3.03. The van der Waals surface area contributed by atoms with E-state index >= 15 is 0 Å². The molecule has 3 aromatic rings. The van der Waals surface area contributed by atoms with E-state index in [9.17, 15) is 9.59 Å². The quantitative estimate of drug-likeness (QED) is 0.690. The van der Waals surface area contributed by atoms with Crippen LogP contribution in [0.1, 0.15) is 21.5 Å². The molecular formula is C18H18N4O2. The Labute approximate surface area is 139 Å². The average molecular weight is 322 g/mol. The predicted molar refractivity (Wildman–Crippen MR) is 93.0 cm³/mol. The fourth-order valence-electron chi connectivity index (χ4n) is 2.54. The number of amides is 2. The first-order valence-corrected chi connectivity index (χ1v) is 7.62. The molecule has 0 saturated heterocycles. The molecule has 3 N–H and O–H groups in total. The number of fused-ring (bicyclic) bond motifs is 1. The van der Waals surface area contributed by atoms with Crippen molar-refractivity contribution < 1.29 is 9.59 Å². The molecule has 6 heteroatoms. The molecule has 0 aliphatic heterocycles. The number of rotatable bonds is 4. The van der Waals surface area contributed by atoms with Crippen LogP contribution in [0.2, 0.25) is 0 Å².